The third kappa shape index (κ3) is 2.35. The van der Waals surface area contributed by atoms with Gasteiger partial charge in [0, 0.05) is 13.2 Å². The number of ether oxygens (including phenoxy) is 1. The first-order valence-corrected chi connectivity index (χ1v) is 3.85. The van der Waals surface area contributed by atoms with E-state index in [1.54, 1.807) is 0 Å². The first-order chi connectivity index (χ1) is 4.27. The van der Waals surface area contributed by atoms with Crippen LogP contribution >= 0.6 is 0 Å². The fourth-order valence-electron chi connectivity index (χ4n) is 0.926. The van der Waals surface area contributed by atoms with Crippen LogP contribution in [0.2, 0.25) is 0 Å². The molecule has 1 saturated carbocycles. The summed E-state index contributed by atoms with van der Waals surface area (Å²) < 4.78 is 5.25. The van der Waals surface area contributed by atoms with Crippen molar-refractivity contribution in [2.45, 2.75) is 33.1 Å². The summed E-state index contributed by atoms with van der Waals surface area (Å²) in [7, 11) is 0. The van der Waals surface area contributed by atoms with E-state index in [1.165, 1.54) is 19.3 Å². The van der Waals surface area contributed by atoms with E-state index in [1.807, 2.05) is 0 Å². The first kappa shape index (κ1) is 7.07. The Labute approximate surface area is 57.4 Å². The summed E-state index contributed by atoms with van der Waals surface area (Å²) in [5, 5.41) is 0. The largest absolute Gasteiger partial charge is 0.382 e. The van der Waals surface area contributed by atoms with Crippen molar-refractivity contribution in [3.8, 4) is 0 Å². The van der Waals surface area contributed by atoms with E-state index in [4.69, 9.17) is 4.74 Å². The van der Waals surface area contributed by atoms with E-state index in [9.17, 15) is 0 Å². The second-order valence-corrected chi connectivity index (χ2v) is 3.26. The first-order valence-electron chi connectivity index (χ1n) is 3.85. The molecule has 0 aromatic carbocycles. The summed E-state index contributed by atoms with van der Waals surface area (Å²) in [6, 6.07) is 0. The van der Waals surface area contributed by atoms with Crippen molar-refractivity contribution in [1.29, 1.82) is 0 Å². The summed E-state index contributed by atoms with van der Waals surface area (Å²) in [6.07, 6.45) is 4.10. The van der Waals surface area contributed by atoms with Gasteiger partial charge in [-0.3, -0.25) is 0 Å². The molecule has 1 aliphatic rings. The van der Waals surface area contributed by atoms with Crippen molar-refractivity contribution in [2.75, 3.05) is 13.2 Å². The summed E-state index contributed by atoms with van der Waals surface area (Å²) in [4.78, 5) is 0. The minimum atomic E-state index is 0.676. The van der Waals surface area contributed by atoms with Crippen LogP contribution in [0.3, 0.4) is 0 Å². The molecule has 54 valence electrons. The van der Waals surface area contributed by atoms with Gasteiger partial charge in [-0.2, -0.15) is 0 Å². The summed E-state index contributed by atoms with van der Waals surface area (Å²) >= 11 is 0. The molecule has 0 aromatic heterocycles. The Kier molecular flexibility index (Phi) is 2.12. The van der Waals surface area contributed by atoms with Crippen LogP contribution in [-0.2, 0) is 4.74 Å². The van der Waals surface area contributed by atoms with Crippen LogP contribution < -0.4 is 0 Å². The number of hydrogen-bond donors (Lipinski definition) is 0. The molecule has 1 fully saturated rings. The molecule has 1 rings (SSSR count). The molecule has 0 spiro atoms. The van der Waals surface area contributed by atoms with Gasteiger partial charge in [0.2, 0.25) is 0 Å². The molecule has 0 radical (unpaired) electrons. The standard InChI is InChI=1S/C8H16O/c1-3-9-7-6-8(2)4-5-8/h3-7H2,1-2H3. The average Bonchev–Trinajstić information content (AvgIpc) is 2.50. The molecule has 0 heterocycles. The maximum atomic E-state index is 5.25. The topological polar surface area (TPSA) is 9.23 Å². The zero-order valence-corrected chi connectivity index (χ0v) is 6.44. The molecule has 0 saturated heterocycles. The molecule has 0 amide bonds. The van der Waals surface area contributed by atoms with E-state index in [-0.39, 0.29) is 0 Å². The van der Waals surface area contributed by atoms with Gasteiger partial charge in [0.25, 0.3) is 0 Å². The molecule has 9 heavy (non-hydrogen) atoms. The normalized spacial score (nSPS) is 22.0. The summed E-state index contributed by atoms with van der Waals surface area (Å²) in [5.74, 6) is 0. The van der Waals surface area contributed by atoms with Crippen LogP contribution in [0.15, 0.2) is 0 Å². The summed E-state index contributed by atoms with van der Waals surface area (Å²) in [5.41, 5.74) is 0.676. The monoisotopic (exact) mass is 128 g/mol. The van der Waals surface area contributed by atoms with Gasteiger partial charge in [-0.05, 0) is 31.6 Å². The highest BCUT2D eigenvalue weighted by molar-refractivity contribution is 4.87. The molecular formula is C8H16O. The Morgan fingerprint density at radius 3 is 2.56 bits per heavy atom. The van der Waals surface area contributed by atoms with Crippen molar-refractivity contribution in [2.24, 2.45) is 5.41 Å². The van der Waals surface area contributed by atoms with Crippen LogP contribution in [0.4, 0.5) is 0 Å². The van der Waals surface area contributed by atoms with Gasteiger partial charge in [-0.15, -0.1) is 0 Å². The lowest BCUT2D eigenvalue weighted by atomic mass is 10.1. The van der Waals surface area contributed by atoms with Gasteiger partial charge in [-0.25, -0.2) is 0 Å². The van der Waals surface area contributed by atoms with Gasteiger partial charge in [-0.1, -0.05) is 6.92 Å². The molecule has 1 heteroatoms. The molecule has 0 N–H and O–H groups in total. The fourth-order valence-corrected chi connectivity index (χ4v) is 0.926. The minimum Gasteiger partial charge on any atom is -0.382 e. The Bertz CT molecular complexity index is 84.6. The van der Waals surface area contributed by atoms with Gasteiger partial charge < -0.3 is 4.74 Å². The smallest absolute Gasteiger partial charge is 0.0471 e. The highest BCUT2D eigenvalue weighted by Gasteiger charge is 2.36. The number of rotatable bonds is 4. The lowest BCUT2D eigenvalue weighted by Crippen LogP contribution is -2.00. The van der Waals surface area contributed by atoms with Gasteiger partial charge in [0.1, 0.15) is 0 Å². The molecular weight excluding hydrogens is 112 g/mol. The maximum absolute atomic E-state index is 5.25. The summed E-state index contributed by atoms with van der Waals surface area (Å²) in [6.45, 7) is 6.23. The van der Waals surface area contributed by atoms with Crippen LogP contribution in [0.5, 0.6) is 0 Å². The van der Waals surface area contributed by atoms with E-state index >= 15 is 0 Å². The molecule has 1 nitrogen and oxygen atoms in total. The van der Waals surface area contributed by atoms with Crippen molar-refractivity contribution in [3.63, 3.8) is 0 Å². The lowest BCUT2D eigenvalue weighted by Gasteiger charge is -2.05. The van der Waals surface area contributed by atoms with Crippen LogP contribution in [0.25, 0.3) is 0 Å². The van der Waals surface area contributed by atoms with E-state index in [0.717, 1.165) is 13.2 Å². The second kappa shape index (κ2) is 2.70. The molecule has 0 unspecified atom stereocenters. The molecule has 0 atom stereocenters. The van der Waals surface area contributed by atoms with E-state index in [0.29, 0.717) is 5.41 Å². The van der Waals surface area contributed by atoms with E-state index in [2.05, 4.69) is 13.8 Å². The van der Waals surface area contributed by atoms with Crippen LogP contribution in [0, 0.1) is 5.41 Å². The highest BCUT2D eigenvalue weighted by atomic mass is 16.5. The van der Waals surface area contributed by atoms with Crippen LogP contribution in [-0.4, -0.2) is 13.2 Å². The van der Waals surface area contributed by atoms with Crippen molar-refractivity contribution in [3.05, 3.63) is 0 Å². The van der Waals surface area contributed by atoms with Crippen molar-refractivity contribution >= 4 is 0 Å². The fraction of sp³-hybridized carbons (Fsp3) is 1.00. The molecule has 0 bridgehead atoms. The zero-order chi connectivity index (χ0) is 6.74. The Morgan fingerprint density at radius 1 is 1.44 bits per heavy atom. The lowest BCUT2D eigenvalue weighted by molar-refractivity contribution is 0.131. The SMILES string of the molecule is CCOCCC1(C)CC1. The van der Waals surface area contributed by atoms with Crippen molar-refractivity contribution < 1.29 is 4.74 Å². The quantitative estimate of drug-likeness (QED) is 0.527. The average molecular weight is 128 g/mol. The molecule has 0 aromatic rings. The Hall–Kier alpha value is -0.0400. The third-order valence-electron chi connectivity index (χ3n) is 2.16. The van der Waals surface area contributed by atoms with Gasteiger partial charge in [0.05, 0.1) is 0 Å². The second-order valence-electron chi connectivity index (χ2n) is 3.26. The predicted molar refractivity (Wildman–Crippen MR) is 38.5 cm³/mol. The Balaban J connectivity index is 1.92. The van der Waals surface area contributed by atoms with E-state index < -0.39 is 0 Å². The molecule has 1 aliphatic carbocycles. The van der Waals surface area contributed by atoms with Crippen molar-refractivity contribution in [1.82, 2.24) is 0 Å². The van der Waals surface area contributed by atoms with Gasteiger partial charge >= 0.3 is 0 Å². The predicted octanol–water partition coefficient (Wildman–Crippen LogP) is 2.21. The Morgan fingerprint density at radius 2 is 2.11 bits per heavy atom. The van der Waals surface area contributed by atoms with Gasteiger partial charge in [0.15, 0.2) is 0 Å². The maximum Gasteiger partial charge on any atom is 0.0471 e. The third-order valence-corrected chi connectivity index (χ3v) is 2.16. The molecule has 0 aliphatic heterocycles. The minimum absolute atomic E-state index is 0.676. The zero-order valence-electron chi connectivity index (χ0n) is 6.44. The number of hydrogen-bond acceptors (Lipinski definition) is 1. The van der Waals surface area contributed by atoms with Crippen LogP contribution in [0.1, 0.15) is 33.1 Å². The highest BCUT2D eigenvalue weighted by Crippen LogP contribution is 2.47.